The lowest BCUT2D eigenvalue weighted by atomic mass is 10.4. The Morgan fingerprint density at radius 2 is 2.38 bits per heavy atom. The van der Waals surface area contributed by atoms with Crippen molar-refractivity contribution < 1.29 is 10.7 Å². The van der Waals surface area contributed by atoms with Gasteiger partial charge in [-0.1, -0.05) is 6.07 Å². The fraction of sp³-hybridized carbons (Fsp3) is 0.200. The molecule has 0 saturated heterocycles. The summed E-state index contributed by atoms with van der Waals surface area (Å²) in [4.78, 5) is 11.1. The highest BCUT2D eigenvalue weighted by molar-refractivity contribution is 5.74. The highest BCUT2D eigenvalue weighted by atomic mass is 16.1. The molecular formula is C10H11N2O+. The summed E-state index contributed by atoms with van der Waals surface area (Å²) in [5.41, 5.74) is 2.17. The molecule has 0 aliphatic carbocycles. The number of pyridine rings is 1. The van der Waals surface area contributed by atoms with Crippen molar-refractivity contribution in [2.45, 2.75) is 6.92 Å². The maximum absolute atomic E-state index is 11.1. The Kier molecular flexibility index (Phi) is 1.41. The number of imidazole rings is 1. The molecule has 0 amide bonds. The monoisotopic (exact) mass is 177 g/mol. The van der Waals surface area contributed by atoms with E-state index in [-0.39, 0.29) is 0 Å². The average molecular weight is 177 g/mol. The Hall–Kier alpha value is -1.64. The Bertz CT molecular complexity index is 516. The summed E-state index contributed by atoms with van der Waals surface area (Å²) in [7, 11) is 1.89. The van der Waals surface area contributed by atoms with Gasteiger partial charge in [0.1, 0.15) is 1.37 Å². The summed E-state index contributed by atoms with van der Waals surface area (Å²) < 4.78 is 10.8. The highest BCUT2D eigenvalue weighted by Crippen LogP contribution is 2.06. The van der Waals surface area contributed by atoms with Gasteiger partial charge in [-0.05, 0) is 6.07 Å². The van der Waals surface area contributed by atoms with Gasteiger partial charge < -0.3 is 0 Å². The van der Waals surface area contributed by atoms with Gasteiger partial charge in [0.05, 0.1) is 13.2 Å². The summed E-state index contributed by atoms with van der Waals surface area (Å²) in [5.74, 6) is 0. The van der Waals surface area contributed by atoms with E-state index in [0.29, 0.717) is 5.69 Å². The molecule has 3 heteroatoms. The van der Waals surface area contributed by atoms with Gasteiger partial charge in [0.2, 0.25) is 5.69 Å². The minimum atomic E-state index is -0.649. The molecule has 0 bridgehead atoms. The molecule has 3 nitrogen and oxygen atoms in total. The number of carbonyl (C=O) groups excluding carboxylic acids is 1. The van der Waals surface area contributed by atoms with Crippen LogP contribution in [0.25, 0.3) is 5.65 Å². The number of carbonyl (C=O) groups is 1. The third-order valence-corrected chi connectivity index (χ3v) is 2.37. The Morgan fingerprint density at radius 1 is 1.62 bits per heavy atom. The lowest BCUT2D eigenvalue weighted by Crippen LogP contribution is -2.29. The van der Waals surface area contributed by atoms with Crippen LogP contribution in [0.1, 0.15) is 17.6 Å². The van der Waals surface area contributed by atoms with E-state index in [1.807, 2.05) is 36.7 Å². The van der Waals surface area contributed by atoms with Gasteiger partial charge in [-0.25, -0.2) is 4.57 Å². The minimum absolute atomic E-state index is 0.433. The third kappa shape index (κ3) is 0.967. The molecule has 0 N–H and O–H groups in total. The molecule has 0 saturated carbocycles. The molecule has 0 atom stereocenters. The fourth-order valence-corrected chi connectivity index (χ4v) is 1.52. The van der Waals surface area contributed by atoms with Crippen LogP contribution in [0, 0.1) is 6.92 Å². The van der Waals surface area contributed by atoms with Gasteiger partial charge in [-0.2, -0.15) is 4.40 Å². The molecule has 2 aromatic heterocycles. The summed E-state index contributed by atoms with van der Waals surface area (Å²) in [5, 5.41) is 0. The SMILES string of the molecule is [3H]C(=O)c1c(C)[n+](C)c2ccccn12. The van der Waals surface area contributed by atoms with E-state index in [1.165, 1.54) is 0 Å². The molecule has 13 heavy (non-hydrogen) atoms. The predicted octanol–water partition coefficient (Wildman–Crippen LogP) is 0.885. The molecule has 0 aromatic carbocycles. The number of hydrogen-bond acceptors (Lipinski definition) is 1. The summed E-state index contributed by atoms with van der Waals surface area (Å²) in [6.45, 7) is 1.84. The zero-order chi connectivity index (χ0) is 10.3. The van der Waals surface area contributed by atoms with Crippen LogP contribution in [0.5, 0.6) is 0 Å². The molecule has 0 radical (unpaired) electrons. The molecular weight excluding hydrogens is 164 g/mol. The molecule has 66 valence electrons. The average Bonchev–Trinajstić information content (AvgIpc) is 2.41. The van der Waals surface area contributed by atoms with Gasteiger partial charge in [-0.3, -0.25) is 4.79 Å². The number of aldehydes is 1. The highest BCUT2D eigenvalue weighted by Gasteiger charge is 2.17. The van der Waals surface area contributed by atoms with Crippen molar-refractivity contribution in [1.82, 2.24) is 4.40 Å². The van der Waals surface area contributed by atoms with Crippen molar-refractivity contribution in [3.8, 4) is 0 Å². The summed E-state index contributed by atoms with van der Waals surface area (Å²) in [6.07, 6.45) is 1.15. The van der Waals surface area contributed by atoms with Crippen molar-refractivity contribution >= 4 is 11.9 Å². The Morgan fingerprint density at radius 3 is 3.08 bits per heavy atom. The van der Waals surface area contributed by atoms with Crippen molar-refractivity contribution in [2.75, 3.05) is 0 Å². The van der Waals surface area contributed by atoms with Crippen LogP contribution in [0.4, 0.5) is 0 Å². The molecule has 0 unspecified atom stereocenters. The van der Waals surface area contributed by atoms with E-state index < -0.39 is 6.26 Å². The van der Waals surface area contributed by atoms with Gasteiger partial charge in [0, 0.05) is 13.0 Å². The molecule has 0 aliphatic heterocycles. The van der Waals surface area contributed by atoms with Crippen LogP contribution in [0.2, 0.25) is 0 Å². The topological polar surface area (TPSA) is 25.4 Å². The zero-order valence-corrected chi connectivity index (χ0v) is 7.61. The van der Waals surface area contributed by atoms with Crippen molar-refractivity contribution in [3.63, 3.8) is 0 Å². The molecule has 2 aromatic rings. The van der Waals surface area contributed by atoms with Crippen molar-refractivity contribution in [1.29, 1.82) is 0 Å². The van der Waals surface area contributed by atoms with Crippen LogP contribution in [-0.2, 0) is 7.05 Å². The van der Waals surface area contributed by atoms with Crippen LogP contribution < -0.4 is 4.57 Å². The second-order valence-corrected chi connectivity index (χ2v) is 3.02. The standard InChI is InChI=1S/C10H11N2O/c1-8-9(7-13)12-6-4-3-5-10(12)11(8)2/h3-7H,1-2H3/q+1/i7T. The van der Waals surface area contributed by atoms with E-state index >= 15 is 0 Å². The number of aromatic nitrogens is 2. The predicted molar refractivity (Wildman–Crippen MR) is 48.7 cm³/mol. The third-order valence-electron chi connectivity index (χ3n) is 2.37. The van der Waals surface area contributed by atoms with Crippen LogP contribution in [-0.4, -0.2) is 10.7 Å². The molecule has 0 fully saturated rings. The normalized spacial score (nSPS) is 11.7. The van der Waals surface area contributed by atoms with Crippen LogP contribution in [0.3, 0.4) is 0 Å². The number of hydrogen-bond donors (Lipinski definition) is 0. The molecule has 0 spiro atoms. The van der Waals surface area contributed by atoms with Crippen LogP contribution in [0.15, 0.2) is 24.4 Å². The smallest absolute Gasteiger partial charge is 0.286 e. The number of aryl methyl sites for hydroxylation is 1. The lowest BCUT2D eigenvalue weighted by molar-refractivity contribution is -0.650. The van der Waals surface area contributed by atoms with Gasteiger partial charge in [0.25, 0.3) is 5.65 Å². The van der Waals surface area contributed by atoms with E-state index in [0.717, 1.165) is 11.3 Å². The van der Waals surface area contributed by atoms with Crippen molar-refractivity contribution in [3.05, 3.63) is 35.8 Å². The van der Waals surface area contributed by atoms with Gasteiger partial charge >= 0.3 is 0 Å². The molecule has 2 rings (SSSR count). The Labute approximate surface area is 77.6 Å². The fourth-order valence-electron chi connectivity index (χ4n) is 1.52. The first-order valence-corrected chi connectivity index (χ1v) is 4.09. The van der Waals surface area contributed by atoms with Crippen molar-refractivity contribution in [2.24, 2.45) is 7.05 Å². The van der Waals surface area contributed by atoms with E-state index in [9.17, 15) is 4.79 Å². The first kappa shape index (κ1) is 6.83. The summed E-state index contributed by atoms with van der Waals surface area (Å²) >= 11 is 0. The van der Waals surface area contributed by atoms with Gasteiger partial charge in [0.15, 0.2) is 12.0 Å². The van der Waals surface area contributed by atoms with Crippen LogP contribution >= 0.6 is 0 Å². The van der Waals surface area contributed by atoms with E-state index in [1.54, 1.807) is 10.6 Å². The quantitative estimate of drug-likeness (QED) is 0.469. The maximum Gasteiger partial charge on any atom is 0.286 e. The number of nitrogens with zero attached hydrogens (tertiary/aromatic N) is 2. The minimum Gasteiger partial charge on any atom is -0.294 e. The lowest BCUT2D eigenvalue weighted by Gasteiger charge is -1.86. The van der Waals surface area contributed by atoms with E-state index in [4.69, 9.17) is 1.37 Å². The second-order valence-electron chi connectivity index (χ2n) is 3.02. The zero-order valence-electron chi connectivity index (χ0n) is 8.61. The first-order chi connectivity index (χ1) is 6.63. The van der Waals surface area contributed by atoms with E-state index in [2.05, 4.69) is 0 Å². The maximum atomic E-state index is 11.1. The second kappa shape index (κ2) is 2.69. The Balaban J connectivity index is 2.95. The molecule has 2 heterocycles. The number of rotatable bonds is 1. The summed E-state index contributed by atoms with van der Waals surface area (Å²) in [6, 6.07) is 5.67. The van der Waals surface area contributed by atoms with Gasteiger partial charge in [-0.15, -0.1) is 0 Å². The first-order valence-electron chi connectivity index (χ1n) is 4.59. The largest absolute Gasteiger partial charge is 0.294 e. The molecule has 0 aliphatic rings. The number of fused-ring (bicyclic) bond motifs is 1.